The lowest BCUT2D eigenvalue weighted by molar-refractivity contribution is -0.119. The third-order valence-electron chi connectivity index (χ3n) is 3.01. The van der Waals surface area contributed by atoms with Crippen molar-refractivity contribution in [2.75, 3.05) is 5.75 Å². The van der Waals surface area contributed by atoms with Crippen molar-refractivity contribution >= 4 is 29.0 Å². The third-order valence-corrected chi connectivity index (χ3v) is 5.03. The molecule has 5 heteroatoms. The largest absolute Gasteiger partial charge is 0.353 e. The number of hydrogen-bond acceptors (Lipinski definition) is 4. The van der Waals surface area contributed by atoms with Crippen LogP contribution in [-0.2, 0) is 4.79 Å². The van der Waals surface area contributed by atoms with E-state index in [2.05, 4.69) is 17.2 Å². The molecule has 1 atom stereocenters. The van der Waals surface area contributed by atoms with Crippen molar-refractivity contribution in [3.05, 3.63) is 35.7 Å². The van der Waals surface area contributed by atoms with Crippen LogP contribution in [0.1, 0.15) is 26.7 Å². The van der Waals surface area contributed by atoms with Gasteiger partial charge in [0.25, 0.3) is 0 Å². The van der Waals surface area contributed by atoms with Gasteiger partial charge in [0, 0.05) is 17.0 Å². The van der Waals surface area contributed by atoms with Gasteiger partial charge in [-0.25, -0.2) is 4.98 Å². The van der Waals surface area contributed by atoms with E-state index in [1.165, 1.54) is 11.8 Å². The summed E-state index contributed by atoms with van der Waals surface area (Å²) in [4.78, 5) is 16.4. The van der Waals surface area contributed by atoms with Crippen molar-refractivity contribution in [3.8, 4) is 11.3 Å². The van der Waals surface area contributed by atoms with Crippen LogP contribution in [0.2, 0.25) is 0 Å². The molecule has 0 aliphatic heterocycles. The number of thiazole rings is 1. The Bertz CT molecular complexity index is 569. The first-order valence-corrected chi connectivity index (χ1v) is 8.98. The molecule has 0 spiro atoms. The van der Waals surface area contributed by atoms with Gasteiger partial charge in [0.1, 0.15) is 0 Å². The zero-order valence-corrected chi connectivity index (χ0v) is 14.0. The predicted molar refractivity (Wildman–Crippen MR) is 90.8 cm³/mol. The van der Waals surface area contributed by atoms with E-state index in [1.54, 1.807) is 11.3 Å². The summed E-state index contributed by atoms with van der Waals surface area (Å²) in [6, 6.07) is 10.3. The standard InChI is InChI=1S/C16H20N2OS2/c1-3-7-12(2)17-15(19)11-21-16-18-14(10-20-16)13-8-5-4-6-9-13/h4-6,8-10,12H,3,7,11H2,1-2H3,(H,17,19). The van der Waals surface area contributed by atoms with Crippen LogP contribution in [-0.4, -0.2) is 22.7 Å². The van der Waals surface area contributed by atoms with E-state index >= 15 is 0 Å². The number of thioether (sulfide) groups is 1. The van der Waals surface area contributed by atoms with Gasteiger partial charge in [-0.3, -0.25) is 4.79 Å². The van der Waals surface area contributed by atoms with Crippen LogP contribution < -0.4 is 5.32 Å². The number of aromatic nitrogens is 1. The van der Waals surface area contributed by atoms with E-state index in [-0.39, 0.29) is 11.9 Å². The highest BCUT2D eigenvalue weighted by Gasteiger charge is 2.09. The highest BCUT2D eigenvalue weighted by Crippen LogP contribution is 2.27. The average Bonchev–Trinajstić information content (AvgIpc) is 2.95. The molecule has 0 bridgehead atoms. The number of nitrogens with zero attached hydrogens (tertiary/aromatic N) is 1. The molecular weight excluding hydrogens is 300 g/mol. The number of benzene rings is 1. The summed E-state index contributed by atoms with van der Waals surface area (Å²) >= 11 is 3.09. The molecule has 1 aromatic heterocycles. The lowest BCUT2D eigenvalue weighted by Crippen LogP contribution is -2.33. The van der Waals surface area contributed by atoms with Crippen molar-refractivity contribution in [1.82, 2.24) is 10.3 Å². The van der Waals surface area contributed by atoms with Gasteiger partial charge in [0.15, 0.2) is 4.34 Å². The number of amides is 1. The van der Waals surface area contributed by atoms with Gasteiger partial charge in [-0.15, -0.1) is 11.3 Å². The molecule has 21 heavy (non-hydrogen) atoms. The molecule has 0 aliphatic rings. The van der Waals surface area contributed by atoms with Gasteiger partial charge >= 0.3 is 0 Å². The summed E-state index contributed by atoms with van der Waals surface area (Å²) < 4.78 is 0.937. The molecule has 0 fully saturated rings. The summed E-state index contributed by atoms with van der Waals surface area (Å²) in [5.74, 6) is 0.507. The zero-order chi connectivity index (χ0) is 15.1. The maximum atomic E-state index is 11.8. The second kappa shape index (κ2) is 8.20. The van der Waals surface area contributed by atoms with E-state index in [0.29, 0.717) is 5.75 Å². The van der Waals surface area contributed by atoms with Gasteiger partial charge in [0.05, 0.1) is 11.4 Å². The monoisotopic (exact) mass is 320 g/mol. The molecule has 1 amide bonds. The van der Waals surface area contributed by atoms with E-state index in [1.807, 2.05) is 42.6 Å². The number of carbonyl (C=O) groups excluding carboxylic acids is 1. The normalized spacial score (nSPS) is 12.1. The maximum absolute atomic E-state index is 11.8. The number of rotatable bonds is 7. The summed E-state index contributed by atoms with van der Waals surface area (Å²) in [6.45, 7) is 4.17. The summed E-state index contributed by atoms with van der Waals surface area (Å²) in [5, 5.41) is 5.04. The second-order valence-corrected chi connectivity index (χ2v) is 6.99. The highest BCUT2D eigenvalue weighted by molar-refractivity contribution is 8.01. The number of hydrogen-bond donors (Lipinski definition) is 1. The fourth-order valence-corrected chi connectivity index (χ4v) is 3.66. The Labute approximate surface area is 134 Å². The van der Waals surface area contributed by atoms with E-state index in [9.17, 15) is 4.79 Å². The van der Waals surface area contributed by atoms with Crippen LogP contribution in [0.4, 0.5) is 0 Å². The molecule has 0 saturated heterocycles. The Morgan fingerprint density at radius 2 is 2.14 bits per heavy atom. The first-order chi connectivity index (χ1) is 10.2. The van der Waals surface area contributed by atoms with E-state index in [4.69, 9.17) is 0 Å². The Balaban J connectivity index is 1.84. The van der Waals surface area contributed by atoms with Crippen molar-refractivity contribution in [1.29, 1.82) is 0 Å². The Morgan fingerprint density at radius 3 is 2.86 bits per heavy atom. The zero-order valence-electron chi connectivity index (χ0n) is 12.3. The summed E-state index contributed by atoms with van der Waals surface area (Å²) in [7, 11) is 0. The average molecular weight is 320 g/mol. The fourth-order valence-electron chi connectivity index (χ4n) is 2.01. The van der Waals surface area contributed by atoms with Gasteiger partial charge in [-0.1, -0.05) is 55.4 Å². The topological polar surface area (TPSA) is 42.0 Å². The van der Waals surface area contributed by atoms with Crippen LogP contribution in [0.15, 0.2) is 40.1 Å². The molecule has 1 aromatic carbocycles. The van der Waals surface area contributed by atoms with E-state index < -0.39 is 0 Å². The quantitative estimate of drug-likeness (QED) is 0.777. The Morgan fingerprint density at radius 1 is 1.38 bits per heavy atom. The molecule has 1 N–H and O–H groups in total. The van der Waals surface area contributed by atoms with Gasteiger partial charge in [0.2, 0.25) is 5.91 Å². The molecule has 0 radical (unpaired) electrons. The molecular formula is C16H20N2OS2. The third kappa shape index (κ3) is 5.17. The Kier molecular flexibility index (Phi) is 6.26. The number of carbonyl (C=O) groups is 1. The van der Waals surface area contributed by atoms with Crippen molar-refractivity contribution in [2.45, 2.75) is 37.1 Å². The minimum absolute atomic E-state index is 0.0809. The Hall–Kier alpha value is -1.33. The first-order valence-electron chi connectivity index (χ1n) is 7.12. The van der Waals surface area contributed by atoms with Crippen LogP contribution in [0, 0.1) is 0 Å². The van der Waals surface area contributed by atoms with Gasteiger partial charge < -0.3 is 5.32 Å². The number of nitrogens with one attached hydrogen (secondary N) is 1. The molecule has 1 unspecified atom stereocenters. The fraction of sp³-hybridized carbons (Fsp3) is 0.375. The van der Waals surface area contributed by atoms with Crippen LogP contribution in [0.5, 0.6) is 0 Å². The SMILES string of the molecule is CCCC(C)NC(=O)CSc1nc(-c2ccccc2)cs1. The van der Waals surface area contributed by atoms with Crippen molar-refractivity contribution in [3.63, 3.8) is 0 Å². The lowest BCUT2D eigenvalue weighted by Gasteiger charge is -2.11. The maximum Gasteiger partial charge on any atom is 0.230 e. The molecule has 2 rings (SSSR count). The van der Waals surface area contributed by atoms with Gasteiger partial charge in [-0.2, -0.15) is 0 Å². The molecule has 2 aromatic rings. The first kappa shape index (κ1) is 16.0. The minimum atomic E-state index is 0.0809. The smallest absolute Gasteiger partial charge is 0.230 e. The summed E-state index contributed by atoms with van der Waals surface area (Å²) in [5.41, 5.74) is 2.09. The van der Waals surface area contributed by atoms with Crippen molar-refractivity contribution < 1.29 is 4.79 Å². The molecule has 3 nitrogen and oxygen atoms in total. The molecule has 1 heterocycles. The minimum Gasteiger partial charge on any atom is -0.353 e. The second-order valence-electron chi connectivity index (χ2n) is 4.91. The van der Waals surface area contributed by atoms with Gasteiger partial charge in [-0.05, 0) is 13.3 Å². The van der Waals surface area contributed by atoms with Crippen LogP contribution in [0.25, 0.3) is 11.3 Å². The van der Waals surface area contributed by atoms with Crippen LogP contribution in [0.3, 0.4) is 0 Å². The lowest BCUT2D eigenvalue weighted by atomic mass is 10.2. The molecule has 0 aliphatic carbocycles. The van der Waals surface area contributed by atoms with E-state index in [0.717, 1.165) is 28.4 Å². The molecule has 0 saturated carbocycles. The van der Waals surface area contributed by atoms with Crippen molar-refractivity contribution in [2.24, 2.45) is 0 Å². The highest BCUT2D eigenvalue weighted by atomic mass is 32.2. The predicted octanol–water partition coefficient (Wildman–Crippen LogP) is 4.21. The summed E-state index contributed by atoms with van der Waals surface area (Å²) in [6.07, 6.45) is 2.10. The molecule has 112 valence electrons. The van der Waals surface area contributed by atoms with Crippen LogP contribution >= 0.6 is 23.1 Å².